The zero-order valence-corrected chi connectivity index (χ0v) is 14.1. The number of benzene rings is 2. The van der Waals surface area contributed by atoms with Crippen molar-refractivity contribution >= 4 is 11.6 Å². The van der Waals surface area contributed by atoms with Gasteiger partial charge in [-0.25, -0.2) is 9.48 Å². The Labute approximate surface area is 145 Å². The fourth-order valence-electron chi connectivity index (χ4n) is 2.39. The molecule has 25 heavy (non-hydrogen) atoms. The van der Waals surface area contributed by atoms with Gasteiger partial charge in [0.15, 0.2) is 0 Å². The van der Waals surface area contributed by atoms with Gasteiger partial charge >= 0.3 is 5.69 Å². The largest absolute Gasteiger partial charge is 0.365 e. The first-order valence-corrected chi connectivity index (χ1v) is 7.89. The summed E-state index contributed by atoms with van der Waals surface area (Å²) in [5.74, 6) is -0.329. The van der Waals surface area contributed by atoms with Crippen molar-refractivity contribution < 1.29 is 4.79 Å². The molecule has 0 aliphatic rings. The van der Waals surface area contributed by atoms with E-state index in [0.717, 1.165) is 21.4 Å². The molecule has 3 rings (SSSR count). The zero-order valence-electron chi connectivity index (χ0n) is 14.1. The van der Waals surface area contributed by atoms with Crippen molar-refractivity contribution in [3.05, 3.63) is 76.3 Å². The van der Waals surface area contributed by atoms with E-state index in [1.54, 1.807) is 6.07 Å². The molecule has 0 aliphatic heterocycles. The highest BCUT2D eigenvalue weighted by atomic mass is 16.2. The quantitative estimate of drug-likeness (QED) is 0.795. The lowest BCUT2D eigenvalue weighted by molar-refractivity contribution is -0.117. The number of rotatable bonds is 4. The summed E-state index contributed by atoms with van der Waals surface area (Å²) in [5, 5.41) is 6.80. The van der Waals surface area contributed by atoms with Crippen LogP contribution in [0.5, 0.6) is 0 Å². The van der Waals surface area contributed by atoms with Gasteiger partial charge < -0.3 is 5.32 Å². The van der Waals surface area contributed by atoms with Gasteiger partial charge in [-0.05, 0) is 31.5 Å². The van der Waals surface area contributed by atoms with Crippen molar-refractivity contribution in [1.82, 2.24) is 14.8 Å². The molecule has 1 amide bonds. The van der Waals surface area contributed by atoms with Crippen LogP contribution in [-0.2, 0) is 11.3 Å². The molecule has 0 unspecified atom stereocenters. The molecule has 126 valence electrons. The molecule has 6 nitrogen and oxygen atoms in total. The summed E-state index contributed by atoms with van der Waals surface area (Å²) in [6.07, 6.45) is 1.49. The molecule has 0 bridgehead atoms. The molecule has 0 aliphatic carbocycles. The normalized spacial score (nSPS) is 10.5. The topological polar surface area (TPSA) is 76.9 Å². The lowest BCUT2D eigenvalue weighted by Gasteiger charge is -2.07. The van der Waals surface area contributed by atoms with Crippen LogP contribution in [0.2, 0.25) is 0 Å². The number of carbonyl (C=O) groups is 1. The van der Waals surface area contributed by atoms with Crippen LogP contribution in [0.3, 0.4) is 0 Å². The minimum Gasteiger partial charge on any atom is -0.324 e. The standard InChI is InChI=1S/C19H18N4O2/c1-13-6-8-15(9-7-13)17-11-20-23(19(25)22-17)12-18(24)21-16-5-3-4-14(2)10-16/h3-11H,12H2,1-2H3,(H,21,24). The molecular weight excluding hydrogens is 316 g/mol. The third kappa shape index (κ3) is 4.17. The second-order valence-electron chi connectivity index (χ2n) is 5.87. The SMILES string of the molecule is Cc1ccc(-c2cnn(CC(=O)Nc3cccc(C)c3)c(=O)n2)cc1. The summed E-state index contributed by atoms with van der Waals surface area (Å²) in [6, 6.07) is 15.1. The molecule has 0 saturated carbocycles. The maximum Gasteiger partial charge on any atom is 0.365 e. The average molecular weight is 334 g/mol. The first-order chi connectivity index (χ1) is 12.0. The van der Waals surface area contributed by atoms with Crippen molar-refractivity contribution in [2.75, 3.05) is 5.32 Å². The summed E-state index contributed by atoms with van der Waals surface area (Å²) in [5.41, 5.74) is 3.58. The van der Waals surface area contributed by atoms with Gasteiger partial charge in [-0.1, -0.05) is 42.0 Å². The summed E-state index contributed by atoms with van der Waals surface area (Å²) in [7, 11) is 0. The van der Waals surface area contributed by atoms with E-state index in [0.29, 0.717) is 11.4 Å². The average Bonchev–Trinajstić information content (AvgIpc) is 2.57. The number of amides is 1. The van der Waals surface area contributed by atoms with Crippen LogP contribution in [0.25, 0.3) is 11.3 Å². The van der Waals surface area contributed by atoms with Gasteiger partial charge in [0.2, 0.25) is 5.91 Å². The van der Waals surface area contributed by atoms with E-state index >= 15 is 0 Å². The number of nitrogens with zero attached hydrogens (tertiary/aromatic N) is 3. The Morgan fingerprint density at radius 1 is 1.08 bits per heavy atom. The number of aromatic nitrogens is 3. The van der Waals surface area contributed by atoms with E-state index in [2.05, 4.69) is 15.4 Å². The maximum atomic E-state index is 12.1. The van der Waals surface area contributed by atoms with Crippen molar-refractivity contribution in [1.29, 1.82) is 0 Å². The highest BCUT2D eigenvalue weighted by molar-refractivity contribution is 5.90. The summed E-state index contributed by atoms with van der Waals surface area (Å²) >= 11 is 0. The van der Waals surface area contributed by atoms with E-state index in [1.807, 2.05) is 56.3 Å². The van der Waals surface area contributed by atoms with Crippen LogP contribution in [0, 0.1) is 13.8 Å². The Bertz CT molecular complexity index is 962. The van der Waals surface area contributed by atoms with Gasteiger partial charge in [-0.15, -0.1) is 0 Å². The van der Waals surface area contributed by atoms with Gasteiger partial charge in [0, 0.05) is 11.3 Å². The van der Waals surface area contributed by atoms with E-state index in [9.17, 15) is 9.59 Å². The number of nitrogens with one attached hydrogen (secondary N) is 1. The molecule has 0 atom stereocenters. The highest BCUT2D eigenvalue weighted by Gasteiger charge is 2.09. The minimum atomic E-state index is -0.558. The summed E-state index contributed by atoms with van der Waals surface area (Å²) in [4.78, 5) is 28.2. The Kier molecular flexibility index (Phi) is 4.70. The Hall–Kier alpha value is -3.28. The van der Waals surface area contributed by atoms with Gasteiger partial charge in [0.1, 0.15) is 6.54 Å². The number of carbonyl (C=O) groups excluding carboxylic acids is 1. The number of hydrogen-bond acceptors (Lipinski definition) is 4. The minimum absolute atomic E-state index is 0.187. The van der Waals surface area contributed by atoms with Gasteiger partial charge in [0.05, 0.1) is 11.9 Å². The first kappa shape index (κ1) is 16.6. The molecule has 0 radical (unpaired) electrons. The molecule has 1 heterocycles. The Balaban J connectivity index is 1.74. The Morgan fingerprint density at radius 2 is 1.84 bits per heavy atom. The fraction of sp³-hybridized carbons (Fsp3) is 0.158. The lowest BCUT2D eigenvalue weighted by atomic mass is 10.1. The van der Waals surface area contributed by atoms with Crippen LogP contribution < -0.4 is 11.0 Å². The third-order valence-electron chi connectivity index (χ3n) is 3.70. The van der Waals surface area contributed by atoms with Crippen LogP contribution in [0.4, 0.5) is 5.69 Å². The Morgan fingerprint density at radius 3 is 2.52 bits per heavy atom. The van der Waals surface area contributed by atoms with E-state index in [4.69, 9.17) is 0 Å². The predicted octanol–water partition coefficient (Wildman–Crippen LogP) is 2.56. The molecule has 1 N–H and O–H groups in total. The molecule has 2 aromatic carbocycles. The van der Waals surface area contributed by atoms with Gasteiger partial charge in [0.25, 0.3) is 0 Å². The van der Waals surface area contributed by atoms with Crippen molar-refractivity contribution in [2.45, 2.75) is 20.4 Å². The second kappa shape index (κ2) is 7.09. The molecule has 0 spiro atoms. The molecule has 3 aromatic rings. The molecule has 1 aromatic heterocycles. The van der Waals surface area contributed by atoms with Crippen LogP contribution in [-0.4, -0.2) is 20.7 Å². The van der Waals surface area contributed by atoms with Crippen LogP contribution in [0.15, 0.2) is 59.5 Å². The smallest absolute Gasteiger partial charge is 0.324 e. The molecule has 0 fully saturated rings. The van der Waals surface area contributed by atoms with Gasteiger partial charge in [-0.3, -0.25) is 4.79 Å². The summed E-state index contributed by atoms with van der Waals surface area (Å²) in [6.45, 7) is 3.74. The highest BCUT2D eigenvalue weighted by Crippen LogP contribution is 2.14. The monoisotopic (exact) mass is 334 g/mol. The van der Waals surface area contributed by atoms with Crippen molar-refractivity contribution in [3.8, 4) is 11.3 Å². The first-order valence-electron chi connectivity index (χ1n) is 7.89. The fourth-order valence-corrected chi connectivity index (χ4v) is 2.39. The maximum absolute atomic E-state index is 12.1. The van der Waals surface area contributed by atoms with Crippen LogP contribution >= 0.6 is 0 Å². The van der Waals surface area contributed by atoms with E-state index < -0.39 is 5.69 Å². The third-order valence-corrected chi connectivity index (χ3v) is 3.70. The van der Waals surface area contributed by atoms with Crippen LogP contribution in [0.1, 0.15) is 11.1 Å². The molecular formula is C19H18N4O2. The molecule has 6 heteroatoms. The number of aryl methyl sites for hydroxylation is 2. The van der Waals surface area contributed by atoms with Crippen molar-refractivity contribution in [2.24, 2.45) is 0 Å². The zero-order chi connectivity index (χ0) is 17.8. The van der Waals surface area contributed by atoms with Crippen molar-refractivity contribution in [3.63, 3.8) is 0 Å². The lowest BCUT2D eigenvalue weighted by Crippen LogP contribution is -2.31. The van der Waals surface area contributed by atoms with Gasteiger partial charge in [-0.2, -0.15) is 10.1 Å². The predicted molar refractivity (Wildman–Crippen MR) is 96.3 cm³/mol. The van der Waals surface area contributed by atoms with E-state index in [1.165, 1.54) is 6.20 Å². The number of hydrogen-bond donors (Lipinski definition) is 1. The number of anilines is 1. The van der Waals surface area contributed by atoms with E-state index in [-0.39, 0.29) is 12.5 Å². The second-order valence-corrected chi connectivity index (χ2v) is 5.87. The summed E-state index contributed by atoms with van der Waals surface area (Å²) < 4.78 is 1.04. The molecule has 0 saturated heterocycles.